The van der Waals surface area contributed by atoms with Crippen molar-refractivity contribution in [3.8, 4) is 5.75 Å². The van der Waals surface area contributed by atoms with Gasteiger partial charge >= 0.3 is 5.91 Å². The molecule has 0 saturated carbocycles. The van der Waals surface area contributed by atoms with Crippen LogP contribution in [0.3, 0.4) is 0 Å². The molecule has 0 bridgehead atoms. The lowest BCUT2D eigenvalue weighted by Crippen LogP contribution is -2.29. The zero-order chi connectivity index (χ0) is 19.7. The molecule has 1 saturated heterocycles. The zero-order valence-electron chi connectivity index (χ0n) is 14.9. The van der Waals surface area contributed by atoms with E-state index in [-0.39, 0.29) is 11.3 Å². The summed E-state index contributed by atoms with van der Waals surface area (Å²) in [5.41, 5.74) is 1.18. The predicted octanol–water partition coefficient (Wildman–Crippen LogP) is 3.78. The molecule has 1 aromatic heterocycles. The molecule has 1 aliphatic rings. The van der Waals surface area contributed by atoms with E-state index in [1.807, 2.05) is 6.07 Å². The molecule has 1 amide bonds. The molecule has 28 heavy (non-hydrogen) atoms. The van der Waals surface area contributed by atoms with Gasteiger partial charge in [-0.25, -0.2) is 4.98 Å². The minimum atomic E-state index is -0.780. The number of hydrogen-bond acceptors (Lipinski definition) is 6. The minimum Gasteiger partial charge on any atom is -0.507 e. The molecule has 1 N–H and O–H groups in total. The van der Waals surface area contributed by atoms with E-state index < -0.39 is 17.7 Å². The first-order chi connectivity index (χ1) is 13.6. The number of thiazole rings is 1. The first-order valence-corrected chi connectivity index (χ1v) is 9.39. The number of aliphatic hydroxyl groups is 1. The highest BCUT2D eigenvalue weighted by Crippen LogP contribution is 2.42. The summed E-state index contributed by atoms with van der Waals surface area (Å²) in [4.78, 5) is 31.2. The Kier molecular flexibility index (Phi) is 4.67. The third-order valence-corrected chi connectivity index (χ3v) is 5.32. The van der Waals surface area contributed by atoms with Gasteiger partial charge in [-0.05, 0) is 17.7 Å². The van der Waals surface area contributed by atoms with Crippen molar-refractivity contribution in [2.24, 2.45) is 0 Å². The molecule has 1 aliphatic heterocycles. The topological polar surface area (TPSA) is 79.7 Å². The van der Waals surface area contributed by atoms with Crippen molar-refractivity contribution in [3.05, 3.63) is 82.9 Å². The first-order valence-electron chi connectivity index (χ1n) is 8.51. The number of anilines is 1. The number of aromatic nitrogens is 1. The number of ketones is 1. The minimum absolute atomic E-state index is 0.0385. The molecule has 0 unspecified atom stereocenters. The number of nitrogens with zero attached hydrogens (tertiary/aromatic N) is 2. The summed E-state index contributed by atoms with van der Waals surface area (Å²) in [7, 11) is 1.56. The maximum atomic E-state index is 12.9. The number of carbonyl (C=O) groups excluding carboxylic acids is 2. The van der Waals surface area contributed by atoms with Crippen molar-refractivity contribution in [2.75, 3.05) is 12.0 Å². The summed E-state index contributed by atoms with van der Waals surface area (Å²) < 4.78 is 5.20. The van der Waals surface area contributed by atoms with Gasteiger partial charge in [0, 0.05) is 17.1 Å². The fourth-order valence-electron chi connectivity index (χ4n) is 3.22. The van der Waals surface area contributed by atoms with Crippen LogP contribution in [0.15, 0.2) is 71.7 Å². The van der Waals surface area contributed by atoms with Crippen LogP contribution in [-0.2, 0) is 9.59 Å². The van der Waals surface area contributed by atoms with Gasteiger partial charge in [-0.3, -0.25) is 14.5 Å². The van der Waals surface area contributed by atoms with Crippen molar-refractivity contribution in [2.45, 2.75) is 6.04 Å². The summed E-state index contributed by atoms with van der Waals surface area (Å²) in [6.45, 7) is 0. The van der Waals surface area contributed by atoms with Crippen molar-refractivity contribution in [1.82, 2.24) is 4.98 Å². The Labute approximate surface area is 165 Å². The third kappa shape index (κ3) is 2.95. The summed E-state index contributed by atoms with van der Waals surface area (Å²) >= 11 is 1.25. The lowest BCUT2D eigenvalue weighted by atomic mass is 9.95. The number of carbonyl (C=O) groups is 2. The Morgan fingerprint density at radius 2 is 1.82 bits per heavy atom. The average Bonchev–Trinajstić information content (AvgIpc) is 3.35. The van der Waals surface area contributed by atoms with Crippen LogP contribution in [0.5, 0.6) is 5.75 Å². The largest absolute Gasteiger partial charge is 0.507 e. The van der Waals surface area contributed by atoms with Crippen LogP contribution in [0.25, 0.3) is 5.76 Å². The van der Waals surface area contributed by atoms with Gasteiger partial charge in [0.15, 0.2) is 5.13 Å². The number of hydrogen-bond donors (Lipinski definition) is 1. The van der Waals surface area contributed by atoms with Crippen LogP contribution >= 0.6 is 11.3 Å². The monoisotopic (exact) mass is 392 g/mol. The number of methoxy groups -OCH3 is 1. The Hall–Kier alpha value is -3.45. The standard InChI is InChI=1S/C21H16N2O4S/c1-27-15-9-7-13(8-10-15)17-16(18(24)14-5-3-2-4-6-14)19(25)20(26)23(17)21-22-11-12-28-21/h2-12,17,24H,1H3/t17-/m0/s1. The summed E-state index contributed by atoms with van der Waals surface area (Å²) in [6.07, 6.45) is 1.57. The number of ether oxygens (including phenoxy) is 1. The Morgan fingerprint density at radius 1 is 1.11 bits per heavy atom. The van der Waals surface area contributed by atoms with Crippen LogP contribution in [0, 0.1) is 0 Å². The van der Waals surface area contributed by atoms with Crippen molar-refractivity contribution >= 4 is 33.9 Å². The number of rotatable bonds is 4. The van der Waals surface area contributed by atoms with Gasteiger partial charge in [0.1, 0.15) is 11.5 Å². The van der Waals surface area contributed by atoms with E-state index >= 15 is 0 Å². The highest BCUT2D eigenvalue weighted by Gasteiger charge is 2.47. The molecule has 1 atom stereocenters. The Morgan fingerprint density at radius 3 is 2.43 bits per heavy atom. The molecule has 7 heteroatoms. The third-order valence-electron chi connectivity index (χ3n) is 4.55. The summed E-state index contributed by atoms with van der Waals surface area (Å²) in [6, 6.07) is 15.0. The molecule has 6 nitrogen and oxygen atoms in total. The van der Waals surface area contributed by atoms with E-state index in [1.165, 1.54) is 16.2 Å². The maximum Gasteiger partial charge on any atom is 0.301 e. The van der Waals surface area contributed by atoms with E-state index in [1.54, 1.807) is 67.2 Å². The van der Waals surface area contributed by atoms with E-state index in [2.05, 4.69) is 4.98 Å². The molecule has 1 fully saturated rings. The van der Waals surface area contributed by atoms with E-state index in [9.17, 15) is 14.7 Å². The smallest absolute Gasteiger partial charge is 0.301 e. The van der Waals surface area contributed by atoms with Crippen molar-refractivity contribution < 1.29 is 19.4 Å². The lowest BCUT2D eigenvalue weighted by molar-refractivity contribution is -0.132. The summed E-state index contributed by atoms with van der Waals surface area (Å²) in [5, 5.41) is 13.0. The molecular weight excluding hydrogens is 376 g/mol. The van der Waals surface area contributed by atoms with Crippen molar-refractivity contribution in [3.63, 3.8) is 0 Å². The lowest BCUT2D eigenvalue weighted by Gasteiger charge is -2.23. The fraction of sp³-hybridized carbons (Fsp3) is 0.0952. The van der Waals surface area contributed by atoms with E-state index in [0.717, 1.165) is 0 Å². The van der Waals surface area contributed by atoms with Gasteiger partial charge in [-0.15, -0.1) is 11.3 Å². The van der Waals surface area contributed by atoms with Gasteiger partial charge in [0.25, 0.3) is 5.78 Å². The SMILES string of the molecule is COc1ccc([C@H]2C(=C(O)c3ccccc3)C(=O)C(=O)N2c2nccs2)cc1. The molecule has 4 rings (SSSR count). The van der Waals surface area contributed by atoms with Gasteiger partial charge in [0.2, 0.25) is 0 Å². The molecule has 2 aromatic carbocycles. The predicted molar refractivity (Wildman–Crippen MR) is 106 cm³/mol. The van der Waals surface area contributed by atoms with Crippen molar-refractivity contribution in [1.29, 1.82) is 0 Å². The maximum absolute atomic E-state index is 12.9. The van der Waals surface area contributed by atoms with Crippen LogP contribution in [0.4, 0.5) is 5.13 Å². The molecule has 140 valence electrons. The zero-order valence-corrected chi connectivity index (χ0v) is 15.7. The fourth-order valence-corrected chi connectivity index (χ4v) is 3.88. The van der Waals surface area contributed by atoms with E-state index in [0.29, 0.717) is 22.0 Å². The quantitative estimate of drug-likeness (QED) is 0.415. The number of amides is 1. The second kappa shape index (κ2) is 7.28. The highest BCUT2D eigenvalue weighted by molar-refractivity contribution is 7.14. The number of benzene rings is 2. The van der Waals surface area contributed by atoms with Crippen LogP contribution in [0.1, 0.15) is 17.2 Å². The second-order valence-corrected chi connectivity index (χ2v) is 7.00. The van der Waals surface area contributed by atoms with Crippen LogP contribution < -0.4 is 9.64 Å². The highest BCUT2D eigenvalue weighted by atomic mass is 32.1. The number of aliphatic hydroxyl groups excluding tert-OH is 1. The first kappa shape index (κ1) is 17.9. The second-order valence-electron chi connectivity index (χ2n) is 6.12. The average molecular weight is 392 g/mol. The Balaban J connectivity index is 1.92. The van der Waals surface area contributed by atoms with Gasteiger partial charge in [-0.2, -0.15) is 0 Å². The molecule has 0 spiro atoms. The molecule has 0 aliphatic carbocycles. The van der Waals surface area contributed by atoms with Gasteiger partial charge in [0.05, 0.1) is 18.7 Å². The van der Waals surface area contributed by atoms with Crippen LogP contribution in [-0.4, -0.2) is 28.9 Å². The Bertz CT molecular complexity index is 1040. The van der Waals surface area contributed by atoms with E-state index in [4.69, 9.17) is 4.74 Å². The van der Waals surface area contributed by atoms with Crippen LogP contribution in [0.2, 0.25) is 0 Å². The normalized spacial score (nSPS) is 18.5. The van der Waals surface area contributed by atoms with Gasteiger partial charge in [-0.1, -0.05) is 42.5 Å². The molecule has 0 radical (unpaired) electrons. The number of Topliss-reactive ketones (excluding diaryl/α,β-unsaturated/α-hetero) is 1. The van der Waals surface area contributed by atoms with Gasteiger partial charge < -0.3 is 9.84 Å². The molecule has 2 heterocycles. The molecular formula is C21H16N2O4S. The summed E-state index contributed by atoms with van der Waals surface area (Å²) in [5.74, 6) is -1.01. The molecule has 3 aromatic rings.